The number of primary amides is 1. The monoisotopic (exact) mass is 480 g/mol. The number of carbonyl (C=O) groups is 1. The SMILES string of the molecule is CCOc1cc(CNCCc2c[nH]c3ccccc23)cc(Br)c1OCC(N)=O.[Cl-]. The lowest BCUT2D eigenvalue weighted by molar-refractivity contribution is -0.120. The smallest absolute Gasteiger partial charge is 0.255 e. The fraction of sp³-hybridized carbons (Fsp3) is 0.286. The second kappa shape index (κ2) is 11.1. The predicted octanol–water partition coefficient (Wildman–Crippen LogP) is 0.530. The zero-order chi connectivity index (χ0) is 19.9. The first-order valence-corrected chi connectivity index (χ1v) is 9.99. The molecule has 29 heavy (non-hydrogen) atoms. The molecule has 0 aliphatic carbocycles. The first kappa shape index (κ1) is 23.1. The highest BCUT2D eigenvalue weighted by molar-refractivity contribution is 9.10. The van der Waals surface area contributed by atoms with Gasteiger partial charge in [-0.2, -0.15) is 0 Å². The number of nitrogens with one attached hydrogen (secondary N) is 2. The third-order valence-corrected chi connectivity index (χ3v) is 4.89. The molecule has 0 radical (unpaired) electrons. The molecular weight excluding hydrogens is 458 g/mol. The van der Waals surface area contributed by atoms with Crippen LogP contribution in [0.2, 0.25) is 0 Å². The number of carbonyl (C=O) groups excluding carboxylic acids is 1. The molecule has 6 nitrogen and oxygen atoms in total. The molecule has 0 saturated heterocycles. The van der Waals surface area contributed by atoms with E-state index < -0.39 is 5.91 Å². The number of fused-ring (bicyclic) bond motifs is 1. The number of benzene rings is 2. The minimum Gasteiger partial charge on any atom is -1.00 e. The molecule has 1 heterocycles. The van der Waals surface area contributed by atoms with Gasteiger partial charge in [-0.1, -0.05) is 18.2 Å². The summed E-state index contributed by atoms with van der Waals surface area (Å²) in [5.41, 5.74) is 8.69. The summed E-state index contributed by atoms with van der Waals surface area (Å²) in [6, 6.07) is 12.2. The second-order valence-electron chi connectivity index (χ2n) is 6.38. The topological polar surface area (TPSA) is 89.4 Å². The Balaban J connectivity index is 0.00000300. The number of aromatic nitrogens is 1. The molecule has 1 aromatic heterocycles. The third-order valence-electron chi connectivity index (χ3n) is 4.30. The van der Waals surface area contributed by atoms with E-state index in [1.807, 2.05) is 25.1 Å². The van der Waals surface area contributed by atoms with Gasteiger partial charge in [0.2, 0.25) is 0 Å². The van der Waals surface area contributed by atoms with E-state index in [1.165, 1.54) is 10.9 Å². The quantitative estimate of drug-likeness (QED) is 0.369. The van der Waals surface area contributed by atoms with E-state index in [9.17, 15) is 4.79 Å². The van der Waals surface area contributed by atoms with Crippen LogP contribution in [0.4, 0.5) is 0 Å². The average Bonchev–Trinajstić information content (AvgIpc) is 3.08. The normalized spacial score (nSPS) is 10.6. The number of hydrogen-bond donors (Lipinski definition) is 3. The van der Waals surface area contributed by atoms with Gasteiger partial charge in [-0.3, -0.25) is 4.79 Å². The molecular formula is C21H24BrClN3O3-. The van der Waals surface area contributed by atoms with Gasteiger partial charge in [0, 0.05) is 23.6 Å². The lowest BCUT2D eigenvalue weighted by Crippen LogP contribution is -3.00. The van der Waals surface area contributed by atoms with E-state index in [0.29, 0.717) is 24.7 Å². The first-order chi connectivity index (χ1) is 13.6. The van der Waals surface area contributed by atoms with Crippen molar-refractivity contribution in [3.8, 4) is 11.5 Å². The van der Waals surface area contributed by atoms with Crippen molar-refractivity contribution in [2.45, 2.75) is 19.9 Å². The molecule has 3 aromatic rings. The number of ether oxygens (including phenoxy) is 2. The number of hydrogen-bond acceptors (Lipinski definition) is 4. The van der Waals surface area contributed by atoms with Crippen LogP contribution in [0.1, 0.15) is 18.1 Å². The molecule has 0 saturated carbocycles. The van der Waals surface area contributed by atoms with Crippen molar-refractivity contribution in [1.82, 2.24) is 10.3 Å². The van der Waals surface area contributed by atoms with Crippen molar-refractivity contribution in [1.29, 1.82) is 0 Å². The second-order valence-corrected chi connectivity index (χ2v) is 7.23. The van der Waals surface area contributed by atoms with Gasteiger partial charge in [0.05, 0.1) is 11.1 Å². The van der Waals surface area contributed by atoms with Crippen LogP contribution in [-0.2, 0) is 17.8 Å². The minimum atomic E-state index is -0.530. The summed E-state index contributed by atoms with van der Waals surface area (Å²) in [4.78, 5) is 14.3. The van der Waals surface area contributed by atoms with Crippen LogP contribution in [0.5, 0.6) is 11.5 Å². The summed E-state index contributed by atoms with van der Waals surface area (Å²) in [5.74, 6) is 0.548. The first-order valence-electron chi connectivity index (χ1n) is 9.20. The Morgan fingerprint density at radius 3 is 2.79 bits per heavy atom. The number of rotatable bonds is 10. The Hall–Kier alpha value is -2.22. The molecule has 3 rings (SSSR count). The fourth-order valence-electron chi connectivity index (χ4n) is 3.06. The van der Waals surface area contributed by atoms with Crippen LogP contribution >= 0.6 is 15.9 Å². The summed E-state index contributed by atoms with van der Waals surface area (Å²) in [5, 5.41) is 4.73. The average molecular weight is 482 g/mol. The fourth-order valence-corrected chi connectivity index (χ4v) is 3.67. The Morgan fingerprint density at radius 2 is 2.03 bits per heavy atom. The molecule has 0 bridgehead atoms. The predicted molar refractivity (Wildman–Crippen MR) is 114 cm³/mol. The molecule has 1 amide bonds. The molecule has 0 aliphatic rings. The Labute approximate surface area is 184 Å². The van der Waals surface area contributed by atoms with Crippen molar-refractivity contribution >= 4 is 32.7 Å². The van der Waals surface area contributed by atoms with Gasteiger partial charge in [-0.25, -0.2) is 0 Å². The summed E-state index contributed by atoms with van der Waals surface area (Å²) < 4.78 is 11.9. The number of nitrogens with two attached hydrogens (primary N) is 1. The highest BCUT2D eigenvalue weighted by Gasteiger charge is 2.13. The molecule has 0 aliphatic heterocycles. The maximum atomic E-state index is 11.0. The number of H-pyrrole nitrogens is 1. The number of halogens is 2. The van der Waals surface area contributed by atoms with E-state index in [1.54, 1.807) is 0 Å². The van der Waals surface area contributed by atoms with Gasteiger partial charge in [-0.05, 0) is 65.1 Å². The van der Waals surface area contributed by atoms with Crippen molar-refractivity contribution in [3.05, 3.63) is 58.2 Å². The molecule has 0 fully saturated rings. The molecule has 156 valence electrons. The van der Waals surface area contributed by atoms with Crippen LogP contribution in [0.25, 0.3) is 10.9 Å². The van der Waals surface area contributed by atoms with E-state index in [2.05, 4.69) is 50.6 Å². The van der Waals surface area contributed by atoms with Crippen LogP contribution in [0.15, 0.2) is 47.1 Å². The Kier molecular flexibility index (Phi) is 8.82. The molecule has 4 N–H and O–H groups in total. The van der Waals surface area contributed by atoms with Crippen molar-refractivity contribution < 1.29 is 26.7 Å². The van der Waals surface area contributed by atoms with E-state index in [-0.39, 0.29) is 19.0 Å². The summed E-state index contributed by atoms with van der Waals surface area (Å²) >= 11 is 3.50. The van der Waals surface area contributed by atoms with Gasteiger partial charge in [0.15, 0.2) is 18.1 Å². The maximum absolute atomic E-state index is 11.0. The Bertz CT molecular complexity index is 961. The number of para-hydroxylation sites is 1. The third kappa shape index (κ3) is 6.13. The van der Waals surface area contributed by atoms with Crippen LogP contribution in [0.3, 0.4) is 0 Å². The van der Waals surface area contributed by atoms with Crippen molar-refractivity contribution in [2.24, 2.45) is 5.73 Å². The largest absolute Gasteiger partial charge is 1.00 e. The van der Waals surface area contributed by atoms with E-state index >= 15 is 0 Å². The Morgan fingerprint density at radius 1 is 1.24 bits per heavy atom. The lowest BCUT2D eigenvalue weighted by Gasteiger charge is -2.15. The van der Waals surface area contributed by atoms with Gasteiger partial charge in [0.25, 0.3) is 5.91 Å². The standard InChI is InChI=1S/C21H24BrN3O3.ClH/c1-2-27-19-10-14(9-17(22)21(19)28-13-20(23)26)11-24-8-7-15-12-25-18-6-4-3-5-16(15)18;/h3-6,9-10,12,24-25H,2,7-8,11,13H2,1H3,(H2,23,26);1H/p-1. The van der Waals surface area contributed by atoms with Crippen molar-refractivity contribution in [2.75, 3.05) is 19.8 Å². The molecule has 0 spiro atoms. The van der Waals surface area contributed by atoms with Gasteiger partial charge in [0.1, 0.15) is 0 Å². The highest BCUT2D eigenvalue weighted by atomic mass is 79.9. The molecule has 8 heteroatoms. The van der Waals surface area contributed by atoms with Gasteiger partial charge >= 0.3 is 0 Å². The summed E-state index contributed by atoms with van der Waals surface area (Å²) in [6.07, 6.45) is 3.00. The highest BCUT2D eigenvalue weighted by Crippen LogP contribution is 2.37. The lowest BCUT2D eigenvalue weighted by atomic mass is 10.1. The van der Waals surface area contributed by atoms with Crippen LogP contribution in [0, 0.1) is 0 Å². The van der Waals surface area contributed by atoms with Crippen LogP contribution < -0.4 is 32.9 Å². The maximum Gasteiger partial charge on any atom is 0.255 e. The summed E-state index contributed by atoms with van der Waals surface area (Å²) in [6.45, 7) is 3.75. The molecule has 0 atom stereocenters. The van der Waals surface area contributed by atoms with Crippen molar-refractivity contribution in [3.63, 3.8) is 0 Å². The zero-order valence-corrected chi connectivity index (χ0v) is 18.5. The van der Waals surface area contributed by atoms with Crippen LogP contribution in [-0.4, -0.2) is 30.6 Å². The minimum absolute atomic E-state index is 0. The van der Waals surface area contributed by atoms with Gasteiger partial charge < -0.3 is 37.9 Å². The number of amides is 1. The van der Waals surface area contributed by atoms with E-state index in [4.69, 9.17) is 15.2 Å². The summed E-state index contributed by atoms with van der Waals surface area (Å²) in [7, 11) is 0. The molecule has 2 aromatic carbocycles. The number of aromatic amines is 1. The van der Waals surface area contributed by atoms with Gasteiger partial charge in [-0.15, -0.1) is 0 Å². The zero-order valence-electron chi connectivity index (χ0n) is 16.1. The van der Waals surface area contributed by atoms with E-state index in [0.717, 1.165) is 28.5 Å². The molecule has 0 unspecified atom stereocenters.